The summed E-state index contributed by atoms with van der Waals surface area (Å²) in [6, 6.07) is -0.168. The highest BCUT2D eigenvalue weighted by Gasteiger charge is 2.35. The summed E-state index contributed by atoms with van der Waals surface area (Å²) in [6.45, 7) is 9.50. The molecule has 0 aliphatic rings. The molecule has 0 aliphatic heterocycles. The highest BCUT2D eigenvalue weighted by molar-refractivity contribution is 7.55. The van der Waals surface area contributed by atoms with Crippen molar-refractivity contribution >= 4 is 24.1 Å². The molecule has 0 saturated heterocycles. The average Bonchev–Trinajstić information content (AvgIpc) is 2.58. The van der Waals surface area contributed by atoms with E-state index >= 15 is 0 Å². The van der Waals surface area contributed by atoms with Gasteiger partial charge in [-0.2, -0.15) is 0 Å². The van der Waals surface area contributed by atoms with E-state index in [0.717, 1.165) is 16.1 Å². The number of rotatable bonds is 6. The normalized spacial score (nSPS) is 14.8. The minimum atomic E-state index is -3.99. The van der Waals surface area contributed by atoms with Crippen LogP contribution in [0.2, 0.25) is 0 Å². The van der Waals surface area contributed by atoms with Gasteiger partial charge in [0, 0.05) is 6.04 Å². The van der Waals surface area contributed by atoms with Crippen molar-refractivity contribution in [2.75, 3.05) is 11.3 Å². The Kier molecular flexibility index (Phi) is 5.37. The molecule has 0 aromatic carbocycles. The van der Waals surface area contributed by atoms with E-state index in [1.807, 2.05) is 33.1 Å². The fourth-order valence-corrected chi connectivity index (χ4v) is 4.36. The van der Waals surface area contributed by atoms with E-state index in [4.69, 9.17) is 0 Å². The molecular formula is C11H20NO4PS. The zero-order valence-corrected chi connectivity index (χ0v) is 13.0. The van der Waals surface area contributed by atoms with Crippen LogP contribution in [0.1, 0.15) is 31.9 Å². The van der Waals surface area contributed by atoms with Crippen molar-refractivity contribution in [3.63, 3.8) is 0 Å². The monoisotopic (exact) mass is 293 g/mol. The van der Waals surface area contributed by atoms with Crippen LogP contribution >= 0.6 is 19.1 Å². The van der Waals surface area contributed by atoms with Crippen LogP contribution < -0.4 is 4.67 Å². The van der Waals surface area contributed by atoms with Crippen molar-refractivity contribution in [1.29, 1.82) is 0 Å². The summed E-state index contributed by atoms with van der Waals surface area (Å²) in [5, 5.41) is 2.70. The minimum absolute atomic E-state index is 0.168. The average molecular weight is 293 g/mol. The molecule has 7 heteroatoms. The third-order valence-electron chi connectivity index (χ3n) is 2.50. The summed E-state index contributed by atoms with van der Waals surface area (Å²) in [6.07, 6.45) is 0. The van der Waals surface area contributed by atoms with Gasteiger partial charge in [0.1, 0.15) is 5.00 Å². The molecule has 0 amide bonds. The summed E-state index contributed by atoms with van der Waals surface area (Å²) in [7, 11) is -3.99. The molecule has 1 aromatic rings. The predicted octanol–water partition coefficient (Wildman–Crippen LogP) is 3.65. The molecule has 5 nitrogen and oxygen atoms in total. The summed E-state index contributed by atoms with van der Waals surface area (Å²) in [5.74, 6) is 0. The van der Waals surface area contributed by atoms with Crippen molar-refractivity contribution < 1.29 is 19.0 Å². The zero-order chi connectivity index (χ0) is 13.9. The molecule has 1 aromatic heterocycles. The van der Waals surface area contributed by atoms with E-state index in [2.05, 4.69) is 9.56 Å². The van der Waals surface area contributed by atoms with Crippen molar-refractivity contribution in [2.45, 2.75) is 40.7 Å². The predicted molar refractivity (Wildman–Crippen MR) is 73.9 cm³/mol. The SMILES string of the molecule is CCOOP(=O)(O)N(c1scc(C)c1C)C(C)C. The zero-order valence-electron chi connectivity index (χ0n) is 11.3. The largest absolute Gasteiger partial charge is 0.460 e. The molecule has 0 fully saturated rings. The summed E-state index contributed by atoms with van der Waals surface area (Å²) in [5.41, 5.74) is 2.08. The van der Waals surface area contributed by atoms with Crippen molar-refractivity contribution in [2.24, 2.45) is 0 Å². The molecule has 1 unspecified atom stereocenters. The molecule has 1 rings (SSSR count). The number of hydrogen-bond acceptors (Lipinski definition) is 4. The van der Waals surface area contributed by atoms with Gasteiger partial charge in [0.05, 0.1) is 6.61 Å². The number of anilines is 1. The number of hydrogen-bond donors (Lipinski definition) is 1. The number of nitrogens with zero attached hydrogens (tertiary/aromatic N) is 1. The van der Waals surface area contributed by atoms with Gasteiger partial charge in [-0.1, -0.05) is 0 Å². The Morgan fingerprint density at radius 3 is 2.50 bits per heavy atom. The van der Waals surface area contributed by atoms with Gasteiger partial charge in [0.2, 0.25) is 0 Å². The first-order valence-electron chi connectivity index (χ1n) is 5.79. The Bertz CT molecular complexity index is 446. The van der Waals surface area contributed by atoms with Crippen molar-refractivity contribution in [3.8, 4) is 0 Å². The van der Waals surface area contributed by atoms with Gasteiger partial charge in [-0.15, -0.1) is 16.0 Å². The third kappa shape index (κ3) is 3.33. The Morgan fingerprint density at radius 2 is 2.11 bits per heavy atom. The quantitative estimate of drug-likeness (QED) is 0.493. The Hall–Kier alpha value is -0.390. The van der Waals surface area contributed by atoms with Crippen LogP contribution in [-0.4, -0.2) is 17.5 Å². The Balaban J connectivity index is 3.11. The van der Waals surface area contributed by atoms with Crippen LogP contribution in [0.25, 0.3) is 0 Å². The first-order valence-corrected chi connectivity index (χ1v) is 8.20. The fourth-order valence-electron chi connectivity index (χ4n) is 1.51. The maximum atomic E-state index is 12.2. The van der Waals surface area contributed by atoms with Crippen molar-refractivity contribution in [1.82, 2.24) is 0 Å². The molecule has 104 valence electrons. The van der Waals surface area contributed by atoms with Gasteiger partial charge < -0.3 is 4.89 Å². The molecule has 0 aliphatic carbocycles. The molecule has 0 bridgehead atoms. The maximum Gasteiger partial charge on any atom is 0.460 e. The van der Waals surface area contributed by atoms with Gasteiger partial charge in [0.15, 0.2) is 0 Å². The number of aryl methyl sites for hydroxylation is 1. The molecule has 1 atom stereocenters. The van der Waals surface area contributed by atoms with Gasteiger partial charge in [0.25, 0.3) is 0 Å². The van der Waals surface area contributed by atoms with Crippen LogP contribution in [0.4, 0.5) is 5.00 Å². The topological polar surface area (TPSA) is 59.0 Å². The highest BCUT2D eigenvalue weighted by atomic mass is 32.1. The third-order valence-corrected chi connectivity index (χ3v) is 5.34. The van der Waals surface area contributed by atoms with Gasteiger partial charge in [-0.3, -0.25) is 4.67 Å². The lowest BCUT2D eigenvalue weighted by Gasteiger charge is -2.30. The molecule has 0 spiro atoms. The Labute approximate surface area is 112 Å². The standard InChI is InChI=1S/C11H20NO4PS/c1-6-15-16-17(13,14)12(8(2)3)11-10(5)9(4)7-18-11/h7-8H,6H2,1-5H3,(H,13,14). The minimum Gasteiger partial charge on any atom is -0.306 e. The van der Waals surface area contributed by atoms with Crippen LogP contribution in [0.15, 0.2) is 5.38 Å². The van der Waals surface area contributed by atoms with E-state index in [-0.39, 0.29) is 12.6 Å². The fraction of sp³-hybridized carbons (Fsp3) is 0.636. The summed E-state index contributed by atoms with van der Waals surface area (Å²) in [4.78, 5) is 14.7. The summed E-state index contributed by atoms with van der Waals surface area (Å²) < 4.78 is 18.3. The first kappa shape index (κ1) is 15.7. The molecule has 1 N–H and O–H groups in total. The first-order chi connectivity index (χ1) is 8.31. The lowest BCUT2D eigenvalue weighted by molar-refractivity contribution is -0.209. The molecule has 1 heterocycles. The molecular weight excluding hydrogens is 273 g/mol. The lowest BCUT2D eigenvalue weighted by atomic mass is 10.2. The van der Waals surface area contributed by atoms with Gasteiger partial charge in [-0.25, -0.2) is 9.45 Å². The van der Waals surface area contributed by atoms with E-state index in [9.17, 15) is 9.46 Å². The van der Waals surface area contributed by atoms with Crippen LogP contribution in [0, 0.1) is 13.8 Å². The summed E-state index contributed by atoms with van der Waals surface area (Å²) >= 11 is 1.43. The van der Waals surface area contributed by atoms with Crippen LogP contribution in [0.3, 0.4) is 0 Å². The van der Waals surface area contributed by atoms with Crippen molar-refractivity contribution in [3.05, 3.63) is 16.5 Å². The second-order valence-electron chi connectivity index (χ2n) is 4.26. The Morgan fingerprint density at radius 1 is 1.50 bits per heavy atom. The van der Waals surface area contributed by atoms with E-state index in [1.165, 1.54) is 16.0 Å². The molecule has 0 saturated carbocycles. The van der Waals surface area contributed by atoms with E-state index in [1.54, 1.807) is 6.92 Å². The van der Waals surface area contributed by atoms with Gasteiger partial charge >= 0.3 is 7.75 Å². The highest BCUT2D eigenvalue weighted by Crippen LogP contribution is 2.53. The van der Waals surface area contributed by atoms with Gasteiger partial charge in [-0.05, 0) is 51.1 Å². The van der Waals surface area contributed by atoms with E-state index < -0.39 is 7.75 Å². The maximum absolute atomic E-state index is 12.2. The van der Waals surface area contributed by atoms with Crippen LogP contribution in [-0.2, 0) is 14.1 Å². The van der Waals surface area contributed by atoms with E-state index in [0.29, 0.717) is 0 Å². The van der Waals surface area contributed by atoms with Crippen LogP contribution in [0.5, 0.6) is 0 Å². The molecule has 18 heavy (non-hydrogen) atoms. The lowest BCUT2D eigenvalue weighted by Crippen LogP contribution is -2.28. The molecule has 0 radical (unpaired) electrons. The number of thiophene rings is 1. The second-order valence-corrected chi connectivity index (χ2v) is 6.68. The smallest absolute Gasteiger partial charge is 0.306 e. The second kappa shape index (κ2) is 6.17.